The molecule has 1 heterocycles. The van der Waals surface area contributed by atoms with Gasteiger partial charge in [-0.1, -0.05) is 20.8 Å². The third kappa shape index (κ3) is 1.93. The molecule has 0 aromatic rings. The van der Waals surface area contributed by atoms with Gasteiger partial charge in [-0.25, -0.2) is 0 Å². The third-order valence-corrected chi connectivity index (χ3v) is 1.93. The Balaban J connectivity index is 2.66. The fourth-order valence-electron chi connectivity index (χ4n) is 1.34. The highest BCUT2D eigenvalue weighted by Gasteiger charge is 2.44. The van der Waals surface area contributed by atoms with E-state index in [1.165, 1.54) is 0 Å². The summed E-state index contributed by atoms with van der Waals surface area (Å²) in [4.78, 5) is 10.7. The summed E-state index contributed by atoms with van der Waals surface area (Å²) in [6, 6.07) is 0. The molecule has 0 aliphatic carbocycles. The van der Waals surface area contributed by atoms with Crippen LogP contribution in [0.2, 0.25) is 0 Å². The largest absolute Gasteiger partial charge is 0.481 e. The van der Waals surface area contributed by atoms with Crippen molar-refractivity contribution in [3.8, 4) is 0 Å². The molecule has 0 aromatic heterocycles. The smallest absolute Gasteiger partial charge is 0.309 e. The highest BCUT2D eigenvalue weighted by Crippen LogP contribution is 2.35. The second-order valence-electron chi connectivity index (χ2n) is 4.05. The lowest BCUT2D eigenvalue weighted by Crippen LogP contribution is -2.32. The van der Waals surface area contributed by atoms with E-state index in [9.17, 15) is 4.79 Å². The normalized spacial score (nSPS) is 26.3. The van der Waals surface area contributed by atoms with Crippen LogP contribution >= 0.6 is 0 Å². The van der Waals surface area contributed by atoms with E-state index in [0.29, 0.717) is 6.61 Å². The third-order valence-electron chi connectivity index (χ3n) is 1.93. The van der Waals surface area contributed by atoms with Crippen molar-refractivity contribution < 1.29 is 14.6 Å². The van der Waals surface area contributed by atoms with Gasteiger partial charge in [-0.2, -0.15) is 0 Å². The molecule has 0 spiro atoms. The number of ether oxygens (including phenoxy) is 1. The molecule has 0 amide bonds. The van der Waals surface area contributed by atoms with Gasteiger partial charge in [-0.3, -0.25) is 4.79 Å². The molecule has 64 valence electrons. The Morgan fingerprint density at radius 1 is 1.64 bits per heavy atom. The van der Waals surface area contributed by atoms with E-state index in [-0.39, 0.29) is 17.4 Å². The molecular formula is C8H14O3. The Bertz CT molecular complexity index is 165. The highest BCUT2D eigenvalue weighted by molar-refractivity contribution is 5.72. The topological polar surface area (TPSA) is 49.8 Å². The number of rotatable bonds is 2. The molecule has 0 aromatic carbocycles. The van der Waals surface area contributed by atoms with Crippen LogP contribution in [0.5, 0.6) is 0 Å². The van der Waals surface area contributed by atoms with Crippen LogP contribution in [0.15, 0.2) is 0 Å². The molecule has 1 saturated heterocycles. The van der Waals surface area contributed by atoms with E-state index in [1.807, 2.05) is 20.8 Å². The molecule has 0 saturated carbocycles. The molecule has 1 N–H and O–H groups in total. The fraction of sp³-hybridized carbons (Fsp3) is 0.875. The molecule has 1 fully saturated rings. The van der Waals surface area contributed by atoms with E-state index in [2.05, 4.69) is 0 Å². The molecule has 2 atom stereocenters. The zero-order chi connectivity index (χ0) is 8.65. The van der Waals surface area contributed by atoms with Gasteiger partial charge in [0, 0.05) is 0 Å². The number of hydrogen-bond acceptors (Lipinski definition) is 2. The lowest BCUT2D eigenvalue weighted by molar-refractivity contribution is -0.146. The van der Waals surface area contributed by atoms with Crippen LogP contribution in [-0.2, 0) is 9.53 Å². The molecule has 1 unspecified atom stereocenters. The zero-order valence-corrected chi connectivity index (χ0v) is 7.13. The van der Waals surface area contributed by atoms with Crippen LogP contribution in [0.1, 0.15) is 20.8 Å². The molecule has 1 aliphatic heterocycles. The van der Waals surface area contributed by atoms with Crippen molar-refractivity contribution in [2.45, 2.75) is 26.9 Å². The van der Waals surface area contributed by atoms with Crippen LogP contribution in [0.3, 0.4) is 0 Å². The summed E-state index contributed by atoms with van der Waals surface area (Å²) in [5, 5.41) is 8.84. The van der Waals surface area contributed by atoms with Crippen molar-refractivity contribution in [1.29, 1.82) is 0 Å². The van der Waals surface area contributed by atoms with Gasteiger partial charge in [0.1, 0.15) is 0 Å². The number of hydrogen-bond donors (Lipinski definition) is 1. The summed E-state index contributed by atoms with van der Waals surface area (Å²) in [6.45, 7) is 6.38. The lowest BCUT2D eigenvalue weighted by Gasteiger charge is -2.25. The van der Waals surface area contributed by atoms with Crippen LogP contribution in [0.25, 0.3) is 0 Å². The first-order chi connectivity index (χ1) is 4.93. The van der Waals surface area contributed by atoms with Crippen molar-refractivity contribution in [1.82, 2.24) is 0 Å². The number of carbonyl (C=O) groups is 1. The van der Waals surface area contributed by atoms with Gasteiger partial charge in [-0.05, 0) is 5.41 Å². The van der Waals surface area contributed by atoms with Crippen molar-refractivity contribution in [2.75, 3.05) is 6.61 Å². The minimum absolute atomic E-state index is 0.0486. The molecular weight excluding hydrogens is 144 g/mol. The number of aliphatic carboxylic acids is 1. The van der Waals surface area contributed by atoms with Gasteiger partial charge in [0.25, 0.3) is 0 Å². The average molecular weight is 158 g/mol. The molecule has 1 rings (SSSR count). The van der Waals surface area contributed by atoms with Crippen LogP contribution in [-0.4, -0.2) is 23.8 Å². The van der Waals surface area contributed by atoms with Crippen LogP contribution in [0, 0.1) is 11.3 Å². The van der Waals surface area contributed by atoms with Gasteiger partial charge >= 0.3 is 5.97 Å². The quantitative estimate of drug-likeness (QED) is 0.613. The zero-order valence-electron chi connectivity index (χ0n) is 7.13. The lowest BCUT2D eigenvalue weighted by atomic mass is 9.79. The van der Waals surface area contributed by atoms with Gasteiger partial charge in [-0.15, -0.1) is 0 Å². The second-order valence-corrected chi connectivity index (χ2v) is 4.05. The standard InChI is InChI=1S/C8H14O3/c1-8(2,3)6(7(9)10)5-4-11-5/h5-6H,4H2,1-3H3,(H,9,10)/t5-,6?/m1/s1. The molecule has 0 radical (unpaired) electrons. The number of carboxylic acids is 1. The van der Waals surface area contributed by atoms with E-state index < -0.39 is 5.97 Å². The van der Waals surface area contributed by atoms with E-state index in [0.717, 1.165) is 0 Å². The van der Waals surface area contributed by atoms with Crippen LogP contribution in [0.4, 0.5) is 0 Å². The molecule has 1 aliphatic rings. The first-order valence-electron chi connectivity index (χ1n) is 3.77. The first kappa shape index (κ1) is 8.53. The van der Waals surface area contributed by atoms with Crippen molar-refractivity contribution >= 4 is 5.97 Å². The summed E-state index contributed by atoms with van der Waals surface area (Å²) in [5.74, 6) is -1.11. The summed E-state index contributed by atoms with van der Waals surface area (Å²) in [5.41, 5.74) is -0.201. The Hall–Kier alpha value is -0.570. The SMILES string of the molecule is CC(C)(C)C(C(=O)O)[C@H]1CO1. The predicted molar refractivity (Wildman–Crippen MR) is 40.3 cm³/mol. The maximum atomic E-state index is 10.7. The van der Waals surface area contributed by atoms with E-state index in [1.54, 1.807) is 0 Å². The molecule has 3 nitrogen and oxygen atoms in total. The van der Waals surface area contributed by atoms with Gasteiger partial charge < -0.3 is 9.84 Å². The molecule has 3 heteroatoms. The summed E-state index contributed by atoms with van der Waals surface area (Å²) < 4.78 is 4.98. The van der Waals surface area contributed by atoms with Gasteiger partial charge in [0.05, 0.1) is 18.6 Å². The first-order valence-corrected chi connectivity index (χ1v) is 3.77. The van der Waals surface area contributed by atoms with Crippen molar-refractivity contribution in [3.05, 3.63) is 0 Å². The van der Waals surface area contributed by atoms with Gasteiger partial charge in [0.2, 0.25) is 0 Å². The molecule has 0 bridgehead atoms. The monoisotopic (exact) mass is 158 g/mol. The molecule has 11 heavy (non-hydrogen) atoms. The summed E-state index contributed by atoms with van der Waals surface area (Å²) >= 11 is 0. The number of epoxide rings is 1. The minimum atomic E-state index is -0.750. The maximum absolute atomic E-state index is 10.7. The Morgan fingerprint density at radius 2 is 2.09 bits per heavy atom. The second kappa shape index (κ2) is 2.48. The Morgan fingerprint density at radius 3 is 2.18 bits per heavy atom. The van der Waals surface area contributed by atoms with Crippen LogP contribution < -0.4 is 0 Å². The van der Waals surface area contributed by atoms with Crippen molar-refractivity contribution in [3.63, 3.8) is 0 Å². The Kier molecular flexibility index (Phi) is 1.92. The average Bonchev–Trinajstić information content (AvgIpc) is 2.42. The van der Waals surface area contributed by atoms with E-state index >= 15 is 0 Å². The fourth-order valence-corrected chi connectivity index (χ4v) is 1.34. The number of carboxylic acid groups (broad SMARTS) is 1. The highest BCUT2D eigenvalue weighted by atomic mass is 16.6. The predicted octanol–water partition coefficient (Wildman–Crippen LogP) is 1.13. The van der Waals surface area contributed by atoms with E-state index in [4.69, 9.17) is 9.84 Å². The summed E-state index contributed by atoms with van der Waals surface area (Å²) in [6.07, 6.45) is -0.0486. The minimum Gasteiger partial charge on any atom is -0.481 e. The Labute approximate surface area is 66.4 Å². The maximum Gasteiger partial charge on any atom is 0.309 e. The summed E-state index contributed by atoms with van der Waals surface area (Å²) in [7, 11) is 0. The van der Waals surface area contributed by atoms with Gasteiger partial charge in [0.15, 0.2) is 0 Å². The van der Waals surface area contributed by atoms with Crippen molar-refractivity contribution in [2.24, 2.45) is 11.3 Å².